The highest BCUT2D eigenvalue weighted by atomic mass is 35.5. The average molecular weight is 220 g/mol. The molecule has 1 rings (SSSR count). The molecule has 1 heterocycles. The van der Waals surface area contributed by atoms with Crippen molar-refractivity contribution in [1.29, 1.82) is 0 Å². The lowest BCUT2D eigenvalue weighted by molar-refractivity contribution is -0.146. The molecular formula is C8H10ClNO2S. The van der Waals surface area contributed by atoms with Crippen LogP contribution in [0.25, 0.3) is 0 Å². The van der Waals surface area contributed by atoms with Gasteiger partial charge in [0.1, 0.15) is 0 Å². The Labute approximate surface area is 85.4 Å². The van der Waals surface area contributed by atoms with Crippen molar-refractivity contribution in [3.63, 3.8) is 0 Å². The summed E-state index contributed by atoms with van der Waals surface area (Å²) in [7, 11) is 0. The minimum Gasteiger partial charge on any atom is -0.481 e. The van der Waals surface area contributed by atoms with Crippen molar-refractivity contribution in [2.75, 3.05) is 0 Å². The Kier molecular flexibility index (Phi) is 2.93. The Balaban J connectivity index is 2.74. The van der Waals surface area contributed by atoms with Gasteiger partial charge in [-0.1, -0.05) is 11.6 Å². The van der Waals surface area contributed by atoms with E-state index in [9.17, 15) is 4.79 Å². The van der Waals surface area contributed by atoms with Gasteiger partial charge < -0.3 is 5.11 Å². The fourth-order valence-corrected chi connectivity index (χ4v) is 2.08. The van der Waals surface area contributed by atoms with Gasteiger partial charge in [0.05, 0.1) is 5.41 Å². The van der Waals surface area contributed by atoms with Crippen LogP contribution in [0, 0.1) is 5.41 Å². The van der Waals surface area contributed by atoms with Gasteiger partial charge in [0.25, 0.3) is 0 Å². The fraction of sp³-hybridized carbons (Fsp3) is 0.500. The third kappa shape index (κ3) is 2.67. The molecule has 0 spiro atoms. The first-order chi connectivity index (χ1) is 5.92. The Morgan fingerprint density at radius 3 is 2.77 bits per heavy atom. The summed E-state index contributed by atoms with van der Waals surface area (Å²) in [5.41, 5.74) is -0.754. The van der Waals surface area contributed by atoms with E-state index in [1.807, 2.05) is 0 Å². The first-order valence-electron chi connectivity index (χ1n) is 3.75. The number of hydrogen-bond donors (Lipinski definition) is 1. The van der Waals surface area contributed by atoms with E-state index in [1.165, 1.54) is 11.3 Å². The van der Waals surface area contributed by atoms with Gasteiger partial charge in [-0.15, -0.1) is 11.3 Å². The molecule has 72 valence electrons. The van der Waals surface area contributed by atoms with E-state index in [-0.39, 0.29) is 0 Å². The first kappa shape index (κ1) is 10.5. The number of hydrogen-bond acceptors (Lipinski definition) is 3. The zero-order valence-electron chi connectivity index (χ0n) is 7.37. The van der Waals surface area contributed by atoms with Gasteiger partial charge in [-0.2, -0.15) is 0 Å². The summed E-state index contributed by atoms with van der Waals surface area (Å²) in [6.07, 6.45) is 2.09. The molecule has 13 heavy (non-hydrogen) atoms. The Hall–Kier alpha value is -0.610. The molecule has 0 aliphatic carbocycles. The molecule has 0 aliphatic rings. The van der Waals surface area contributed by atoms with Gasteiger partial charge in [-0.25, -0.2) is 4.98 Å². The van der Waals surface area contributed by atoms with Crippen LogP contribution in [0.4, 0.5) is 0 Å². The van der Waals surface area contributed by atoms with Crippen LogP contribution in [-0.4, -0.2) is 16.1 Å². The molecule has 5 heteroatoms. The van der Waals surface area contributed by atoms with Crippen molar-refractivity contribution in [2.45, 2.75) is 20.3 Å². The smallest absolute Gasteiger partial charge is 0.309 e. The monoisotopic (exact) mass is 219 g/mol. The van der Waals surface area contributed by atoms with Crippen molar-refractivity contribution in [1.82, 2.24) is 4.98 Å². The van der Waals surface area contributed by atoms with Gasteiger partial charge in [0, 0.05) is 11.1 Å². The molecule has 0 saturated carbocycles. The Morgan fingerprint density at radius 1 is 1.77 bits per heavy atom. The van der Waals surface area contributed by atoms with Crippen LogP contribution >= 0.6 is 22.9 Å². The number of rotatable bonds is 3. The van der Waals surface area contributed by atoms with Crippen LogP contribution in [0.5, 0.6) is 0 Å². The molecule has 1 aromatic heterocycles. The van der Waals surface area contributed by atoms with E-state index in [0.29, 0.717) is 10.9 Å². The van der Waals surface area contributed by atoms with E-state index < -0.39 is 11.4 Å². The predicted octanol–water partition coefficient (Wildman–Crippen LogP) is 2.45. The maximum absolute atomic E-state index is 10.8. The highest BCUT2D eigenvalue weighted by Crippen LogP contribution is 2.27. The second kappa shape index (κ2) is 3.64. The van der Waals surface area contributed by atoms with Crippen molar-refractivity contribution in [3.8, 4) is 0 Å². The summed E-state index contributed by atoms with van der Waals surface area (Å²) in [5, 5.41) is 8.86. The molecule has 0 aromatic carbocycles. The second-order valence-electron chi connectivity index (χ2n) is 3.45. The predicted molar refractivity (Wildman–Crippen MR) is 52.2 cm³/mol. The van der Waals surface area contributed by atoms with Crippen molar-refractivity contribution in [2.24, 2.45) is 5.41 Å². The highest BCUT2D eigenvalue weighted by molar-refractivity contribution is 7.15. The van der Waals surface area contributed by atoms with Gasteiger partial charge in [0.2, 0.25) is 0 Å². The number of nitrogens with zero attached hydrogens (tertiary/aromatic N) is 1. The maximum atomic E-state index is 10.8. The zero-order valence-corrected chi connectivity index (χ0v) is 8.95. The summed E-state index contributed by atoms with van der Waals surface area (Å²) in [6, 6.07) is 0. The number of aromatic nitrogens is 1. The van der Waals surface area contributed by atoms with E-state index in [1.54, 1.807) is 20.0 Å². The third-order valence-corrected chi connectivity index (χ3v) is 2.84. The summed E-state index contributed by atoms with van der Waals surface area (Å²) < 4.78 is 0.455. The quantitative estimate of drug-likeness (QED) is 0.850. The molecule has 0 unspecified atom stereocenters. The SMILES string of the molecule is CC(C)(Cc1cnc(Cl)s1)C(=O)O. The fourth-order valence-electron chi connectivity index (χ4n) is 0.877. The number of halogens is 1. The molecule has 3 nitrogen and oxygen atoms in total. The molecule has 0 aliphatic heterocycles. The molecule has 0 bridgehead atoms. The van der Waals surface area contributed by atoms with Crippen LogP contribution in [0.15, 0.2) is 6.20 Å². The standard InChI is InChI=1S/C8H10ClNO2S/c1-8(2,6(11)12)3-5-4-10-7(9)13-5/h4H,3H2,1-2H3,(H,11,12). The van der Waals surface area contributed by atoms with Gasteiger partial charge >= 0.3 is 5.97 Å². The van der Waals surface area contributed by atoms with Gasteiger partial charge in [-0.3, -0.25) is 4.79 Å². The molecule has 0 radical (unpaired) electrons. The molecule has 0 amide bonds. The lowest BCUT2D eigenvalue weighted by Gasteiger charge is -2.16. The number of carboxylic acid groups (broad SMARTS) is 1. The molecule has 0 saturated heterocycles. The largest absolute Gasteiger partial charge is 0.481 e. The van der Waals surface area contributed by atoms with Crippen LogP contribution in [0.2, 0.25) is 4.47 Å². The Bertz CT molecular complexity index is 322. The average Bonchev–Trinajstić information content (AvgIpc) is 2.34. The van der Waals surface area contributed by atoms with Crippen molar-refractivity contribution < 1.29 is 9.90 Å². The normalized spacial score (nSPS) is 11.6. The number of aliphatic carboxylic acids is 1. The van der Waals surface area contributed by atoms with E-state index in [4.69, 9.17) is 16.7 Å². The molecule has 1 aromatic rings. The molecular weight excluding hydrogens is 210 g/mol. The first-order valence-corrected chi connectivity index (χ1v) is 4.95. The third-order valence-electron chi connectivity index (χ3n) is 1.72. The maximum Gasteiger partial charge on any atom is 0.309 e. The van der Waals surface area contributed by atoms with E-state index >= 15 is 0 Å². The molecule has 0 fully saturated rings. The second-order valence-corrected chi connectivity index (χ2v) is 5.14. The number of carbonyl (C=O) groups is 1. The summed E-state index contributed by atoms with van der Waals surface area (Å²) >= 11 is 6.95. The lowest BCUT2D eigenvalue weighted by atomic mass is 9.89. The minimum absolute atomic E-state index is 0.455. The van der Waals surface area contributed by atoms with Crippen LogP contribution in [-0.2, 0) is 11.2 Å². The topological polar surface area (TPSA) is 50.2 Å². The van der Waals surface area contributed by atoms with E-state index in [0.717, 1.165) is 4.88 Å². The number of carboxylic acids is 1. The number of thiazole rings is 1. The summed E-state index contributed by atoms with van der Waals surface area (Å²) in [4.78, 5) is 15.5. The molecule has 1 N–H and O–H groups in total. The van der Waals surface area contributed by atoms with Crippen LogP contribution in [0.1, 0.15) is 18.7 Å². The molecule has 0 atom stereocenters. The van der Waals surface area contributed by atoms with Crippen LogP contribution < -0.4 is 0 Å². The lowest BCUT2D eigenvalue weighted by Crippen LogP contribution is -2.25. The summed E-state index contributed by atoms with van der Waals surface area (Å²) in [6.45, 7) is 3.37. The van der Waals surface area contributed by atoms with Crippen molar-refractivity contribution >= 4 is 28.9 Å². The van der Waals surface area contributed by atoms with Crippen LogP contribution in [0.3, 0.4) is 0 Å². The van der Waals surface area contributed by atoms with E-state index in [2.05, 4.69) is 4.98 Å². The Morgan fingerprint density at radius 2 is 2.38 bits per heavy atom. The van der Waals surface area contributed by atoms with Crippen molar-refractivity contribution in [3.05, 3.63) is 15.5 Å². The highest BCUT2D eigenvalue weighted by Gasteiger charge is 2.28. The minimum atomic E-state index is -0.808. The van der Waals surface area contributed by atoms with Gasteiger partial charge in [0.15, 0.2) is 4.47 Å². The summed E-state index contributed by atoms with van der Waals surface area (Å²) in [5.74, 6) is -0.808. The van der Waals surface area contributed by atoms with Gasteiger partial charge in [-0.05, 0) is 20.3 Å². The zero-order chi connectivity index (χ0) is 10.1.